The van der Waals surface area contributed by atoms with Gasteiger partial charge < -0.3 is 4.42 Å². The highest BCUT2D eigenvalue weighted by molar-refractivity contribution is 7.71. The van der Waals surface area contributed by atoms with Gasteiger partial charge in [0.25, 0.3) is 4.84 Å². The summed E-state index contributed by atoms with van der Waals surface area (Å²) in [6.45, 7) is 3.41. The van der Waals surface area contributed by atoms with Crippen LogP contribution in [0.5, 0.6) is 0 Å². The molecule has 0 bridgehead atoms. The maximum absolute atomic E-state index is 5.58. The number of rotatable bonds is 6. The van der Waals surface area contributed by atoms with Crippen molar-refractivity contribution in [2.45, 2.75) is 26.6 Å². The molecule has 0 saturated carbocycles. The van der Waals surface area contributed by atoms with Crippen molar-refractivity contribution in [2.24, 2.45) is 0 Å². The van der Waals surface area contributed by atoms with Crippen LogP contribution in [0.2, 0.25) is 0 Å². The third-order valence-electron chi connectivity index (χ3n) is 3.32. The molecule has 0 N–H and O–H groups in total. The lowest BCUT2D eigenvalue weighted by Gasteiger charge is -2.15. The topological polar surface area (TPSA) is 47.1 Å². The zero-order chi connectivity index (χ0) is 16.2. The highest BCUT2D eigenvalue weighted by Gasteiger charge is 2.10. The molecule has 23 heavy (non-hydrogen) atoms. The molecule has 0 fully saturated rings. The first-order valence-electron chi connectivity index (χ1n) is 7.30. The zero-order valence-electron chi connectivity index (χ0n) is 13.1. The van der Waals surface area contributed by atoms with Crippen molar-refractivity contribution < 1.29 is 4.42 Å². The second-order valence-electron chi connectivity index (χ2n) is 5.44. The van der Waals surface area contributed by atoms with Crippen molar-refractivity contribution in [2.75, 3.05) is 7.05 Å². The number of aromatic nitrogens is 3. The molecular formula is C16H18N4OS2. The number of nitrogens with zero attached hydrogens (tertiary/aromatic N) is 4. The molecule has 3 aromatic rings. The average Bonchev–Trinajstić information content (AvgIpc) is 3.06. The fourth-order valence-corrected chi connectivity index (χ4v) is 3.14. The van der Waals surface area contributed by atoms with Crippen LogP contribution in [0.4, 0.5) is 0 Å². The third-order valence-corrected chi connectivity index (χ3v) is 4.43. The van der Waals surface area contributed by atoms with E-state index in [0.29, 0.717) is 23.8 Å². The zero-order valence-corrected chi connectivity index (χ0v) is 14.7. The van der Waals surface area contributed by atoms with E-state index in [-0.39, 0.29) is 0 Å². The minimum atomic E-state index is 0.395. The summed E-state index contributed by atoms with van der Waals surface area (Å²) in [6, 6.07) is 10.3. The maximum atomic E-state index is 5.58. The molecule has 0 aliphatic heterocycles. The van der Waals surface area contributed by atoms with Gasteiger partial charge in [-0.25, -0.2) is 9.67 Å². The Bertz CT molecular complexity index is 822. The summed E-state index contributed by atoms with van der Waals surface area (Å²) in [5.41, 5.74) is 2.22. The van der Waals surface area contributed by atoms with E-state index in [1.165, 1.54) is 5.56 Å². The van der Waals surface area contributed by atoms with Gasteiger partial charge in [-0.3, -0.25) is 4.90 Å². The lowest BCUT2D eigenvalue weighted by atomic mass is 10.2. The van der Waals surface area contributed by atoms with Crippen LogP contribution in [0.25, 0.3) is 0 Å². The standard InChI is InChI=1S/C16H18N4OS2/c1-12-17-14(10-23-12)8-15-18-20(16(22)21-15)11-19(2)9-13-6-4-3-5-7-13/h3-7,10H,8-9,11H2,1-2H3. The first-order chi connectivity index (χ1) is 11.1. The summed E-state index contributed by atoms with van der Waals surface area (Å²) in [7, 11) is 2.03. The van der Waals surface area contributed by atoms with Gasteiger partial charge in [-0.2, -0.15) is 0 Å². The first-order valence-corrected chi connectivity index (χ1v) is 8.59. The fraction of sp³-hybridized carbons (Fsp3) is 0.312. The molecular weight excluding hydrogens is 328 g/mol. The molecule has 0 atom stereocenters. The van der Waals surface area contributed by atoms with Crippen molar-refractivity contribution in [1.29, 1.82) is 0 Å². The van der Waals surface area contributed by atoms with E-state index in [1.807, 2.05) is 37.6 Å². The molecule has 1 aromatic carbocycles. The Kier molecular flexibility index (Phi) is 5.00. The van der Waals surface area contributed by atoms with Gasteiger partial charge in [0.2, 0.25) is 5.89 Å². The first kappa shape index (κ1) is 16.0. The molecule has 0 aliphatic carbocycles. The van der Waals surface area contributed by atoms with Gasteiger partial charge in [0.05, 0.1) is 23.8 Å². The average molecular weight is 346 g/mol. The second-order valence-corrected chi connectivity index (χ2v) is 6.85. The molecule has 120 valence electrons. The lowest BCUT2D eigenvalue weighted by Crippen LogP contribution is -2.22. The molecule has 0 unspecified atom stereocenters. The van der Waals surface area contributed by atoms with Gasteiger partial charge in [0.1, 0.15) is 0 Å². The van der Waals surface area contributed by atoms with Gasteiger partial charge in [-0.1, -0.05) is 30.3 Å². The van der Waals surface area contributed by atoms with Crippen molar-refractivity contribution in [3.05, 3.63) is 62.7 Å². The predicted molar refractivity (Wildman–Crippen MR) is 92.9 cm³/mol. The van der Waals surface area contributed by atoms with Crippen LogP contribution >= 0.6 is 23.6 Å². The highest BCUT2D eigenvalue weighted by atomic mass is 32.1. The van der Waals surface area contributed by atoms with Crippen molar-refractivity contribution in [1.82, 2.24) is 19.7 Å². The van der Waals surface area contributed by atoms with Crippen molar-refractivity contribution in [3.8, 4) is 0 Å². The summed E-state index contributed by atoms with van der Waals surface area (Å²) in [5.74, 6) is 0.605. The predicted octanol–water partition coefficient (Wildman–Crippen LogP) is 3.65. The Hall–Kier alpha value is -1.83. The van der Waals surface area contributed by atoms with Gasteiger partial charge in [0.15, 0.2) is 0 Å². The van der Waals surface area contributed by atoms with Crippen LogP contribution in [0.15, 0.2) is 40.1 Å². The molecule has 7 heteroatoms. The maximum Gasteiger partial charge on any atom is 0.288 e. The second kappa shape index (κ2) is 7.16. The molecule has 0 saturated heterocycles. The van der Waals surface area contributed by atoms with Crippen LogP contribution in [0.3, 0.4) is 0 Å². The third kappa shape index (κ3) is 4.34. The van der Waals surface area contributed by atoms with Crippen LogP contribution in [0.1, 0.15) is 22.2 Å². The summed E-state index contributed by atoms with van der Waals surface area (Å²) in [6.07, 6.45) is 0.573. The van der Waals surface area contributed by atoms with E-state index >= 15 is 0 Å². The van der Waals surface area contributed by atoms with Crippen molar-refractivity contribution in [3.63, 3.8) is 0 Å². The molecule has 2 aromatic heterocycles. The summed E-state index contributed by atoms with van der Waals surface area (Å²) in [4.78, 5) is 6.97. The quantitative estimate of drug-likeness (QED) is 0.638. The number of hydrogen-bond acceptors (Lipinski definition) is 6. The van der Waals surface area contributed by atoms with E-state index in [9.17, 15) is 0 Å². The number of hydrogen-bond donors (Lipinski definition) is 0. The SMILES string of the molecule is Cc1nc(Cc2nn(CN(C)Cc3ccccc3)c(=S)o2)cs1. The number of benzene rings is 1. The fourth-order valence-electron chi connectivity index (χ4n) is 2.33. The van der Waals surface area contributed by atoms with E-state index in [2.05, 4.69) is 27.1 Å². The molecule has 3 rings (SSSR count). The monoisotopic (exact) mass is 346 g/mol. The summed E-state index contributed by atoms with van der Waals surface area (Å²) >= 11 is 6.89. The Morgan fingerprint density at radius 2 is 2.09 bits per heavy atom. The Labute approximate surface area is 144 Å². The number of thiazole rings is 1. The summed E-state index contributed by atoms with van der Waals surface area (Å²) < 4.78 is 7.30. The Morgan fingerprint density at radius 3 is 2.78 bits per heavy atom. The molecule has 0 aliphatic rings. The minimum absolute atomic E-state index is 0.395. The lowest BCUT2D eigenvalue weighted by molar-refractivity contribution is 0.240. The Balaban J connectivity index is 1.65. The number of aryl methyl sites for hydroxylation is 1. The Morgan fingerprint density at radius 1 is 1.30 bits per heavy atom. The van der Waals surface area contributed by atoms with E-state index < -0.39 is 0 Å². The smallest absolute Gasteiger partial charge is 0.288 e. The van der Waals surface area contributed by atoms with Gasteiger partial charge in [0, 0.05) is 11.9 Å². The van der Waals surface area contributed by atoms with E-state index in [4.69, 9.17) is 16.6 Å². The van der Waals surface area contributed by atoms with Crippen LogP contribution in [0, 0.1) is 11.8 Å². The van der Waals surface area contributed by atoms with Crippen molar-refractivity contribution >= 4 is 23.6 Å². The molecule has 0 amide bonds. The molecule has 2 heterocycles. The largest absolute Gasteiger partial charge is 0.414 e. The molecule has 5 nitrogen and oxygen atoms in total. The van der Waals surface area contributed by atoms with Crippen LogP contribution < -0.4 is 0 Å². The van der Waals surface area contributed by atoms with Gasteiger partial charge in [-0.05, 0) is 31.8 Å². The van der Waals surface area contributed by atoms with Gasteiger partial charge in [-0.15, -0.1) is 16.4 Å². The van der Waals surface area contributed by atoms with Crippen LogP contribution in [-0.4, -0.2) is 26.7 Å². The molecule has 0 radical (unpaired) electrons. The van der Waals surface area contributed by atoms with E-state index in [1.54, 1.807) is 16.0 Å². The summed E-state index contributed by atoms with van der Waals surface area (Å²) in [5, 5.41) is 7.53. The minimum Gasteiger partial charge on any atom is -0.414 e. The van der Waals surface area contributed by atoms with Gasteiger partial charge >= 0.3 is 0 Å². The van der Waals surface area contributed by atoms with E-state index in [0.717, 1.165) is 17.2 Å². The normalized spacial score (nSPS) is 11.3. The highest BCUT2D eigenvalue weighted by Crippen LogP contribution is 2.13. The molecule has 0 spiro atoms. The van der Waals surface area contributed by atoms with Crippen LogP contribution in [-0.2, 0) is 19.6 Å².